The van der Waals surface area contributed by atoms with Crippen molar-refractivity contribution in [1.82, 2.24) is 0 Å². The minimum absolute atomic E-state index is 0.293. The second kappa shape index (κ2) is 13.3. The predicted octanol–water partition coefficient (Wildman–Crippen LogP) is 5.65. The maximum atomic E-state index is 13.9. The zero-order valence-corrected chi connectivity index (χ0v) is 25.0. The van der Waals surface area contributed by atoms with Crippen molar-refractivity contribution in [3.63, 3.8) is 0 Å². The van der Waals surface area contributed by atoms with Gasteiger partial charge in [-0.3, -0.25) is 19.3 Å². The molecule has 9 nitrogen and oxygen atoms in total. The fourth-order valence-electron chi connectivity index (χ4n) is 4.65. The first-order valence-electron chi connectivity index (χ1n) is 13.4. The van der Waals surface area contributed by atoms with Gasteiger partial charge in [-0.15, -0.1) is 0 Å². The number of para-hydroxylation sites is 1. The molecule has 0 bridgehead atoms. The highest BCUT2D eigenvalue weighted by Crippen LogP contribution is 2.45. The zero-order chi connectivity index (χ0) is 30.4. The molecule has 0 fully saturated rings. The lowest BCUT2D eigenvalue weighted by atomic mass is 9.98. The Morgan fingerprint density at radius 1 is 0.952 bits per heavy atom. The van der Waals surface area contributed by atoms with Crippen molar-refractivity contribution in [3.05, 3.63) is 88.4 Å². The van der Waals surface area contributed by atoms with Gasteiger partial charge in [-0.05, 0) is 50.6 Å². The summed E-state index contributed by atoms with van der Waals surface area (Å²) in [6.45, 7) is 5.10. The summed E-state index contributed by atoms with van der Waals surface area (Å²) in [5.41, 5.74) is 1.60. The average molecular weight is 596 g/mol. The van der Waals surface area contributed by atoms with Crippen LogP contribution in [0, 0.1) is 0 Å². The summed E-state index contributed by atoms with van der Waals surface area (Å²) < 4.78 is 28.7. The number of nitrogens with zero attached hydrogens (tertiary/aromatic N) is 1. The summed E-state index contributed by atoms with van der Waals surface area (Å²) in [5, 5.41) is 0.383. The smallest absolute Gasteiger partial charge is 0.326 e. The van der Waals surface area contributed by atoms with E-state index in [1.807, 2.05) is 30.3 Å². The van der Waals surface area contributed by atoms with Crippen LogP contribution in [0.3, 0.4) is 0 Å². The fourth-order valence-corrected chi connectivity index (χ4v) is 4.83. The topological polar surface area (TPSA) is 101 Å². The lowest BCUT2D eigenvalue weighted by molar-refractivity contribution is -0.154. The zero-order valence-electron chi connectivity index (χ0n) is 24.2. The molecule has 1 heterocycles. The van der Waals surface area contributed by atoms with Gasteiger partial charge in [-0.2, -0.15) is 0 Å². The normalized spacial score (nSPS) is 16.7. The minimum atomic E-state index is -1.30. The van der Waals surface area contributed by atoms with Crippen LogP contribution in [-0.4, -0.2) is 50.3 Å². The summed E-state index contributed by atoms with van der Waals surface area (Å²) in [6.07, 6.45) is -2.61. The van der Waals surface area contributed by atoms with Crippen LogP contribution in [0.25, 0.3) is 0 Å². The van der Waals surface area contributed by atoms with Gasteiger partial charge in [0.05, 0.1) is 26.3 Å². The van der Waals surface area contributed by atoms with Crippen LogP contribution in [0.15, 0.2) is 66.7 Å². The molecular weight excluding hydrogens is 562 g/mol. The van der Waals surface area contributed by atoms with E-state index in [1.54, 1.807) is 57.2 Å². The summed E-state index contributed by atoms with van der Waals surface area (Å²) in [5.74, 6) is -1.04. The molecule has 1 aliphatic heterocycles. The number of carbonyl (C=O) groups excluding carboxylic acids is 3. The molecule has 1 amide bonds. The molecule has 0 N–H and O–H groups in total. The van der Waals surface area contributed by atoms with Crippen molar-refractivity contribution in [2.24, 2.45) is 0 Å². The summed E-state index contributed by atoms with van der Waals surface area (Å²) >= 11 is 6.44. The van der Waals surface area contributed by atoms with Crippen LogP contribution in [0.2, 0.25) is 5.02 Å². The number of hydrogen-bond acceptors (Lipinski definition) is 8. The van der Waals surface area contributed by atoms with E-state index in [1.165, 1.54) is 19.1 Å². The van der Waals surface area contributed by atoms with E-state index in [0.29, 0.717) is 39.9 Å². The highest BCUT2D eigenvalue weighted by Gasteiger charge is 2.40. The molecular formula is C32H34ClNO8. The summed E-state index contributed by atoms with van der Waals surface area (Å²) in [4.78, 5) is 40.5. The standard InChI is InChI=1S/C32H34ClNO8/c1-32(2,3)42-28(36)18-34-24-15-14-21(33)16-23(24)29(41-26(31(34)37)17-27(35)38-4)22-12-9-13-25(30(22)39-5)40-19-20-10-7-6-8-11-20/h6-16,26,29H,17-19H2,1-5H3/t26-,29-/m0/s1. The average Bonchev–Trinajstić information content (AvgIpc) is 3.05. The van der Waals surface area contributed by atoms with Crippen LogP contribution in [0.1, 0.15) is 50.0 Å². The van der Waals surface area contributed by atoms with E-state index in [9.17, 15) is 14.4 Å². The second-order valence-electron chi connectivity index (χ2n) is 10.7. The van der Waals surface area contributed by atoms with E-state index in [-0.39, 0.29) is 6.42 Å². The molecule has 2 atom stereocenters. The van der Waals surface area contributed by atoms with Gasteiger partial charge in [0.1, 0.15) is 31.0 Å². The van der Waals surface area contributed by atoms with Gasteiger partial charge in [0.15, 0.2) is 11.5 Å². The molecule has 0 radical (unpaired) electrons. The molecule has 0 saturated heterocycles. The number of ether oxygens (including phenoxy) is 5. The third kappa shape index (κ3) is 7.40. The number of amides is 1. The Kier molecular flexibility index (Phi) is 9.75. The van der Waals surface area contributed by atoms with Crippen molar-refractivity contribution in [3.8, 4) is 11.5 Å². The van der Waals surface area contributed by atoms with E-state index >= 15 is 0 Å². The summed E-state index contributed by atoms with van der Waals surface area (Å²) in [7, 11) is 2.74. The van der Waals surface area contributed by atoms with Gasteiger partial charge in [-0.25, -0.2) is 0 Å². The first-order chi connectivity index (χ1) is 20.0. The molecule has 4 rings (SSSR count). The Balaban J connectivity index is 1.81. The highest BCUT2D eigenvalue weighted by atomic mass is 35.5. The quantitative estimate of drug-likeness (QED) is 0.292. The van der Waals surface area contributed by atoms with E-state index in [4.69, 9.17) is 35.3 Å². The Morgan fingerprint density at radius 3 is 2.36 bits per heavy atom. The van der Waals surface area contributed by atoms with Crippen LogP contribution in [-0.2, 0) is 35.2 Å². The maximum absolute atomic E-state index is 13.9. The molecule has 3 aromatic carbocycles. The van der Waals surface area contributed by atoms with E-state index in [2.05, 4.69) is 0 Å². The number of esters is 2. The maximum Gasteiger partial charge on any atom is 0.326 e. The third-order valence-corrected chi connectivity index (χ3v) is 6.66. The fraction of sp³-hybridized carbons (Fsp3) is 0.344. The minimum Gasteiger partial charge on any atom is -0.492 e. The number of benzene rings is 3. The van der Waals surface area contributed by atoms with Crippen LogP contribution in [0.4, 0.5) is 5.69 Å². The molecule has 0 spiro atoms. The number of methoxy groups -OCH3 is 2. The molecule has 222 valence electrons. The number of halogens is 1. The SMILES string of the molecule is COC(=O)C[C@@H]1O[C@@H](c2cccc(OCc3ccccc3)c2OC)c2cc(Cl)ccc2N(CC(=O)OC(C)(C)C)C1=O. The predicted molar refractivity (Wildman–Crippen MR) is 157 cm³/mol. The molecule has 3 aromatic rings. The van der Waals surface area contributed by atoms with Crippen molar-refractivity contribution in [2.75, 3.05) is 25.7 Å². The van der Waals surface area contributed by atoms with Gasteiger partial charge >= 0.3 is 11.9 Å². The Morgan fingerprint density at radius 2 is 1.69 bits per heavy atom. The Hall–Kier alpha value is -4.08. The van der Waals surface area contributed by atoms with Crippen molar-refractivity contribution in [1.29, 1.82) is 0 Å². The van der Waals surface area contributed by atoms with Crippen molar-refractivity contribution in [2.45, 2.75) is 51.6 Å². The van der Waals surface area contributed by atoms with Crippen molar-refractivity contribution >= 4 is 35.1 Å². The highest BCUT2D eigenvalue weighted by molar-refractivity contribution is 6.30. The lowest BCUT2D eigenvalue weighted by Gasteiger charge is -2.26. The van der Waals surface area contributed by atoms with Crippen LogP contribution in [0.5, 0.6) is 11.5 Å². The molecule has 0 aromatic heterocycles. The lowest BCUT2D eigenvalue weighted by Crippen LogP contribution is -2.44. The number of fused-ring (bicyclic) bond motifs is 1. The van der Waals surface area contributed by atoms with Gasteiger partial charge in [0, 0.05) is 16.1 Å². The Bertz CT molecular complexity index is 1440. The summed E-state index contributed by atoms with van der Waals surface area (Å²) in [6, 6.07) is 19.9. The molecule has 0 aliphatic carbocycles. The van der Waals surface area contributed by atoms with E-state index < -0.39 is 42.2 Å². The number of rotatable bonds is 9. The van der Waals surface area contributed by atoms with Gasteiger partial charge in [0.2, 0.25) is 0 Å². The second-order valence-corrected chi connectivity index (χ2v) is 11.1. The van der Waals surface area contributed by atoms with Crippen LogP contribution >= 0.6 is 11.6 Å². The largest absolute Gasteiger partial charge is 0.492 e. The third-order valence-electron chi connectivity index (χ3n) is 6.42. The molecule has 0 unspecified atom stereocenters. The van der Waals surface area contributed by atoms with Crippen molar-refractivity contribution < 1.29 is 38.1 Å². The number of carbonyl (C=O) groups is 3. The number of anilines is 1. The van der Waals surface area contributed by atoms with Crippen LogP contribution < -0.4 is 14.4 Å². The van der Waals surface area contributed by atoms with Gasteiger partial charge in [-0.1, -0.05) is 54.1 Å². The monoisotopic (exact) mass is 595 g/mol. The molecule has 1 aliphatic rings. The first kappa shape index (κ1) is 30.9. The first-order valence-corrected chi connectivity index (χ1v) is 13.8. The molecule has 42 heavy (non-hydrogen) atoms. The van der Waals surface area contributed by atoms with Gasteiger partial charge in [0.25, 0.3) is 5.91 Å². The molecule has 10 heteroatoms. The van der Waals surface area contributed by atoms with E-state index in [0.717, 1.165) is 5.56 Å². The number of hydrogen-bond donors (Lipinski definition) is 0. The molecule has 0 saturated carbocycles. The van der Waals surface area contributed by atoms with Gasteiger partial charge < -0.3 is 23.7 Å². The Labute approximate surface area is 250 Å².